The first-order valence-electron chi connectivity index (χ1n) is 10.4. The maximum atomic E-state index is 14.1. The van der Waals surface area contributed by atoms with Gasteiger partial charge >= 0.3 is 0 Å². The molecule has 2 aromatic heterocycles. The monoisotopic (exact) mass is 530 g/mol. The highest BCUT2D eigenvalue weighted by atomic mass is 35.5. The van der Waals surface area contributed by atoms with Crippen LogP contribution >= 0.6 is 22.9 Å². The average Bonchev–Trinajstić information content (AvgIpc) is 3.40. The smallest absolute Gasteiger partial charge is 0.254 e. The van der Waals surface area contributed by atoms with Crippen molar-refractivity contribution in [2.75, 3.05) is 7.05 Å². The second-order valence-corrected chi connectivity index (χ2v) is 11.6. The third-order valence-corrected chi connectivity index (χ3v) is 8.97. The summed E-state index contributed by atoms with van der Waals surface area (Å²) >= 11 is 7.65. The van der Waals surface area contributed by atoms with Gasteiger partial charge in [0.05, 0.1) is 5.75 Å². The number of sulfone groups is 1. The molecule has 35 heavy (non-hydrogen) atoms. The van der Waals surface area contributed by atoms with Gasteiger partial charge in [-0.3, -0.25) is 4.79 Å². The van der Waals surface area contributed by atoms with Gasteiger partial charge in [-0.1, -0.05) is 17.7 Å². The molecule has 0 saturated heterocycles. The van der Waals surface area contributed by atoms with E-state index in [0.717, 1.165) is 33.0 Å². The van der Waals surface area contributed by atoms with Crippen molar-refractivity contribution in [3.05, 3.63) is 94.3 Å². The Morgan fingerprint density at radius 2 is 1.77 bits per heavy atom. The van der Waals surface area contributed by atoms with E-state index >= 15 is 0 Å². The minimum Gasteiger partial charge on any atom is -0.337 e. The number of carbonyl (C=O) groups excluding carboxylic acids is 1. The molecule has 0 atom stereocenters. The molecule has 0 aliphatic carbocycles. The standard InChI is InChI=1S/C25H17ClF2N2O3S2/c1-30-12-16-8-14(2-4-19(16)25(30)31)21-5-6-22(34-21)15-9-17(24(26)29-11-15)13-35(32,33)23-7-3-18(27)10-20(23)28/h2-11H,12-13H2,1H3. The summed E-state index contributed by atoms with van der Waals surface area (Å²) in [6, 6.07) is 13.5. The Bertz CT molecular complexity index is 1600. The second-order valence-electron chi connectivity index (χ2n) is 8.20. The second kappa shape index (κ2) is 8.82. The fraction of sp³-hybridized carbons (Fsp3) is 0.120. The van der Waals surface area contributed by atoms with E-state index in [1.807, 2.05) is 30.3 Å². The van der Waals surface area contributed by atoms with Crippen LogP contribution in [0.25, 0.3) is 20.9 Å². The molecule has 178 valence electrons. The summed E-state index contributed by atoms with van der Waals surface area (Å²) in [7, 11) is -2.36. The summed E-state index contributed by atoms with van der Waals surface area (Å²) < 4.78 is 52.9. The molecule has 4 aromatic rings. The van der Waals surface area contributed by atoms with Crippen LogP contribution in [0.4, 0.5) is 8.78 Å². The van der Waals surface area contributed by atoms with Gasteiger partial charge in [0.25, 0.3) is 5.91 Å². The SMILES string of the molecule is CN1Cc2cc(-c3ccc(-c4cnc(Cl)c(CS(=O)(=O)c5ccc(F)cc5F)c4)s3)ccc2C1=O. The van der Waals surface area contributed by atoms with Crippen molar-refractivity contribution in [1.82, 2.24) is 9.88 Å². The van der Waals surface area contributed by atoms with E-state index in [4.69, 9.17) is 11.6 Å². The fourth-order valence-electron chi connectivity index (χ4n) is 4.01. The lowest BCUT2D eigenvalue weighted by Gasteiger charge is -2.09. The lowest BCUT2D eigenvalue weighted by atomic mass is 10.1. The molecule has 3 heterocycles. The fourth-order valence-corrected chi connectivity index (χ4v) is 6.66. The molecule has 0 fully saturated rings. The predicted octanol–water partition coefficient (Wildman–Crippen LogP) is 5.97. The van der Waals surface area contributed by atoms with E-state index in [9.17, 15) is 22.0 Å². The van der Waals surface area contributed by atoms with Crippen molar-refractivity contribution >= 4 is 38.7 Å². The first-order valence-corrected chi connectivity index (χ1v) is 13.3. The van der Waals surface area contributed by atoms with Crippen molar-refractivity contribution in [2.45, 2.75) is 17.2 Å². The number of nitrogens with zero attached hydrogens (tertiary/aromatic N) is 2. The van der Waals surface area contributed by atoms with E-state index in [1.165, 1.54) is 11.3 Å². The molecular weight excluding hydrogens is 514 g/mol. The molecule has 0 bridgehead atoms. The third kappa shape index (κ3) is 4.47. The highest BCUT2D eigenvalue weighted by Gasteiger charge is 2.25. The minimum atomic E-state index is -4.13. The molecule has 0 unspecified atom stereocenters. The van der Waals surface area contributed by atoms with Crippen molar-refractivity contribution < 1.29 is 22.0 Å². The van der Waals surface area contributed by atoms with Crippen molar-refractivity contribution in [3.8, 4) is 20.9 Å². The first kappa shape index (κ1) is 23.6. The highest BCUT2D eigenvalue weighted by molar-refractivity contribution is 7.90. The Labute approximate surface area is 209 Å². The maximum absolute atomic E-state index is 14.1. The quantitative estimate of drug-likeness (QED) is 0.235. The van der Waals surface area contributed by atoms with Gasteiger partial charge in [0.2, 0.25) is 0 Å². The number of rotatable bonds is 5. The number of amides is 1. The summed E-state index contributed by atoms with van der Waals surface area (Å²) in [4.78, 5) is 19.2. The summed E-state index contributed by atoms with van der Waals surface area (Å²) in [6.07, 6.45) is 1.54. The zero-order chi connectivity index (χ0) is 24.9. The van der Waals surface area contributed by atoms with Gasteiger partial charge in [0.15, 0.2) is 9.84 Å². The molecule has 10 heteroatoms. The largest absolute Gasteiger partial charge is 0.337 e. The summed E-state index contributed by atoms with van der Waals surface area (Å²) in [6.45, 7) is 0.563. The summed E-state index contributed by atoms with van der Waals surface area (Å²) in [5.41, 5.74) is 3.52. The number of hydrogen-bond acceptors (Lipinski definition) is 5. The Morgan fingerprint density at radius 3 is 2.51 bits per heavy atom. The number of pyridine rings is 1. The normalized spacial score (nSPS) is 13.4. The van der Waals surface area contributed by atoms with Gasteiger partial charge in [-0.15, -0.1) is 11.3 Å². The van der Waals surface area contributed by atoms with Gasteiger partial charge in [0.1, 0.15) is 21.7 Å². The lowest BCUT2D eigenvalue weighted by molar-refractivity contribution is 0.0816. The predicted molar refractivity (Wildman–Crippen MR) is 131 cm³/mol. The topological polar surface area (TPSA) is 67.3 Å². The lowest BCUT2D eigenvalue weighted by Crippen LogP contribution is -2.17. The summed E-state index contributed by atoms with van der Waals surface area (Å²) in [5, 5.41) is -0.0102. The van der Waals surface area contributed by atoms with Crippen LogP contribution in [-0.4, -0.2) is 31.3 Å². The van der Waals surface area contributed by atoms with Crippen molar-refractivity contribution in [2.24, 2.45) is 0 Å². The molecule has 1 amide bonds. The van der Waals surface area contributed by atoms with Crippen LogP contribution in [0.3, 0.4) is 0 Å². The molecule has 0 spiro atoms. The van der Waals surface area contributed by atoms with E-state index in [2.05, 4.69) is 4.98 Å². The zero-order valence-electron chi connectivity index (χ0n) is 18.3. The summed E-state index contributed by atoms with van der Waals surface area (Å²) in [5.74, 6) is -2.59. The number of aromatic nitrogens is 1. The van der Waals surface area contributed by atoms with Crippen LogP contribution < -0.4 is 0 Å². The molecular formula is C25H17ClF2N2O3S2. The number of carbonyl (C=O) groups is 1. The van der Waals surface area contributed by atoms with E-state index in [0.29, 0.717) is 23.7 Å². The average molecular weight is 531 g/mol. The highest BCUT2D eigenvalue weighted by Crippen LogP contribution is 2.37. The van der Waals surface area contributed by atoms with Crippen LogP contribution in [0.15, 0.2) is 65.7 Å². The first-order chi connectivity index (χ1) is 16.6. The third-order valence-electron chi connectivity index (χ3n) is 5.75. The molecule has 2 aromatic carbocycles. The van der Waals surface area contributed by atoms with Crippen molar-refractivity contribution in [3.63, 3.8) is 0 Å². The van der Waals surface area contributed by atoms with Crippen LogP contribution in [0.1, 0.15) is 21.5 Å². The van der Waals surface area contributed by atoms with Gasteiger partial charge < -0.3 is 4.90 Å². The molecule has 0 radical (unpaired) electrons. The van der Waals surface area contributed by atoms with E-state index < -0.39 is 32.1 Å². The number of hydrogen-bond donors (Lipinski definition) is 0. The van der Waals surface area contributed by atoms with E-state index in [1.54, 1.807) is 24.2 Å². The zero-order valence-corrected chi connectivity index (χ0v) is 20.6. The molecule has 5 rings (SSSR count). The molecule has 0 N–H and O–H groups in total. The van der Waals surface area contributed by atoms with E-state index in [-0.39, 0.29) is 16.6 Å². The molecule has 0 saturated carbocycles. The van der Waals surface area contributed by atoms with Gasteiger partial charge in [-0.25, -0.2) is 22.2 Å². The number of halogens is 3. The van der Waals surface area contributed by atoms with Crippen LogP contribution in [0, 0.1) is 11.6 Å². The maximum Gasteiger partial charge on any atom is 0.254 e. The van der Waals surface area contributed by atoms with Crippen LogP contribution in [-0.2, 0) is 22.1 Å². The Balaban J connectivity index is 1.44. The Hall–Kier alpha value is -3.14. The molecule has 1 aliphatic rings. The van der Waals surface area contributed by atoms with Crippen molar-refractivity contribution in [1.29, 1.82) is 0 Å². The molecule has 5 nitrogen and oxygen atoms in total. The Kier molecular flexibility index (Phi) is 5.94. The van der Waals surface area contributed by atoms with Gasteiger partial charge in [-0.05, 0) is 53.6 Å². The van der Waals surface area contributed by atoms with Crippen LogP contribution in [0.2, 0.25) is 5.15 Å². The minimum absolute atomic E-state index is 0.00802. The number of thiophene rings is 1. The van der Waals surface area contributed by atoms with Crippen LogP contribution in [0.5, 0.6) is 0 Å². The molecule has 1 aliphatic heterocycles. The van der Waals surface area contributed by atoms with Gasteiger partial charge in [-0.2, -0.15) is 0 Å². The number of fused-ring (bicyclic) bond motifs is 1. The Morgan fingerprint density at radius 1 is 1.03 bits per heavy atom. The number of benzene rings is 2. The van der Waals surface area contributed by atoms with Gasteiger partial charge in [0, 0.05) is 52.3 Å².